The number of aliphatic carboxylic acids is 1. The molecule has 1 amide bonds. The molecule has 28 heavy (non-hydrogen) atoms. The lowest BCUT2D eigenvalue weighted by molar-refractivity contribution is -0.137. The molecule has 3 aromatic rings. The molecule has 8 heteroatoms. The van der Waals surface area contributed by atoms with E-state index in [1.807, 2.05) is 35.2 Å². The van der Waals surface area contributed by atoms with Crippen LogP contribution in [0.2, 0.25) is 0 Å². The Balaban J connectivity index is 1.52. The SMILES string of the molecule is O=C(O)Cn1nccc1[C@H]1CCCN(C(=O)c2cccc(-c3ncc[nH]3)c2)C1. The number of aromatic amines is 1. The second-order valence-corrected chi connectivity index (χ2v) is 6.92. The number of H-pyrrole nitrogens is 1. The fourth-order valence-electron chi connectivity index (χ4n) is 3.76. The average molecular weight is 379 g/mol. The Morgan fingerprint density at radius 3 is 2.93 bits per heavy atom. The van der Waals surface area contributed by atoms with Crippen LogP contribution < -0.4 is 0 Å². The second-order valence-electron chi connectivity index (χ2n) is 6.92. The zero-order valence-corrected chi connectivity index (χ0v) is 15.3. The van der Waals surface area contributed by atoms with Gasteiger partial charge in [0.2, 0.25) is 0 Å². The molecule has 1 aliphatic rings. The summed E-state index contributed by atoms with van der Waals surface area (Å²) in [6.07, 6.45) is 6.82. The standard InChI is InChI=1S/C20H21N5O3/c26-18(27)13-25-17(6-7-23-25)16-5-2-10-24(12-16)20(28)15-4-1-3-14(11-15)19-21-8-9-22-19/h1,3-4,6-9,11,16H,2,5,10,12-13H2,(H,21,22)(H,26,27)/t16-/m0/s1. The van der Waals surface area contributed by atoms with Gasteiger partial charge >= 0.3 is 5.97 Å². The molecule has 144 valence electrons. The summed E-state index contributed by atoms with van der Waals surface area (Å²) in [6, 6.07) is 9.28. The molecule has 2 N–H and O–H groups in total. The van der Waals surface area contributed by atoms with Crippen LogP contribution in [0.3, 0.4) is 0 Å². The molecule has 1 aromatic carbocycles. The minimum absolute atomic E-state index is 0.0255. The van der Waals surface area contributed by atoms with Crippen molar-refractivity contribution >= 4 is 11.9 Å². The summed E-state index contributed by atoms with van der Waals surface area (Å²) < 4.78 is 1.51. The molecule has 0 radical (unpaired) electrons. The first kappa shape index (κ1) is 18.0. The van der Waals surface area contributed by atoms with Gasteiger partial charge in [-0.3, -0.25) is 14.3 Å². The monoisotopic (exact) mass is 379 g/mol. The van der Waals surface area contributed by atoms with Gasteiger partial charge in [0.05, 0.1) is 0 Å². The van der Waals surface area contributed by atoms with E-state index in [2.05, 4.69) is 15.1 Å². The molecular formula is C20H21N5O3. The van der Waals surface area contributed by atoms with Crippen molar-refractivity contribution in [3.05, 3.63) is 60.2 Å². The van der Waals surface area contributed by atoms with Gasteiger partial charge in [-0.1, -0.05) is 12.1 Å². The zero-order chi connectivity index (χ0) is 19.5. The van der Waals surface area contributed by atoms with E-state index in [0.717, 1.165) is 29.9 Å². The number of carboxylic acid groups (broad SMARTS) is 1. The van der Waals surface area contributed by atoms with E-state index >= 15 is 0 Å². The van der Waals surface area contributed by atoms with Crippen LogP contribution in [-0.4, -0.2) is 54.7 Å². The van der Waals surface area contributed by atoms with Gasteiger partial charge in [0.25, 0.3) is 5.91 Å². The number of amides is 1. The van der Waals surface area contributed by atoms with Gasteiger partial charge in [-0.2, -0.15) is 5.10 Å². The summed E-state index contributed by atoms with van der Waals surface area (Å²) >= 11 is 0. The number of hydrogen-bond donors (Lipinski definition) is 2. The van der Waals surface area contributed by atoms with Crippen molar-refractivity contribution in [2.75, 3.05) is 13.1 Å². The number of hydrogen-bond acceptors (Lipinski definition) is 4. The number of benzene rings is 1. The molecule has 4 rings (SSSR count). The molecule has 1 fully saturated rings. The lowest BCUT2D eigenvalue weighted by atomic mass is 9.94. The fraction of sp³-hybridized carbons (Fsp3) is 0.300. The smallest absolute Gasteiger partial charge is 0.325 e. The number of piperidine rings is 1. The molecule has 0 spiro atoms. The van der Waals surface area contributed by atoms with Gasteiger partial charge < -0.3 is 15.0 Å². The van der Waals surface area contributed by atoms with Crippen LogP contribution in [0.1, 0.15) is 34.8 Å². The maximum atomic E-state index is 13.1. The van der Waals surface area contributed by atoms with Gasteiger partial charge in [-0.25, -0.2) is 4.98 Å². The van der Waals surface area contributed by atoms with Gasteiger partial charge in [0.1, 0.15) is 12.4 Å². The summed E-state index contributed by atoms with van der Waals surface area (Å²) in [6.45, 7) is 1.07. The van der Waals surface area contributed by atoms with Gasteiger partial charge in [-0.05, 0) is 31.0 Å². The molecular weight excluding hydrogens is 358 g/mol. The van der Waals surface area contributed by atoms with E-state index in [1.54, 1.807) is 18.6 Å². The molecule has 2 aromatic heterocycles. The first-order valence-corrected chi connectivity index (χ1v) is 9.24. The predicted molar refractivity (Wildman–Crippen MR) is 102 cm³/mol. The lowest BCUT2D eigenvalue weighted by Gasteiger charge is -2.33. The number of nitrogens with one attached hydrogen (secondary N) is 1. The first-order chi connectivity index (χ1) is 13.6. The summed E-state index contributed by atoms with van der Waals surface area (Å²) in [4.78, 5) is 33.3. The Labute approximate surface area is 161 Å². The third kappa shape index (κ3) is 3.66. The molecule has 0 aliphatic carbocycles. The number of carbonyl (C=O) groups is 2. The van der Waals surface area contributed by atoms with E-state index in [4.69, 9.17) is 5.11 Å². The molecule has 1 aliphatic heterocycles. The Hall–Kier alpha value is -3.42. The maximum Gasteiger partial charge on any atom is 0.325 e. The number of carboxylic acids is 1. The summed E-state index contributed by atoms with van der Waals surface area (Å²) in [5.41, 5.74) is 2.35. The van der Waals surface area contributed by atoms with Gasteiger partial charge in [-0.15, -0.1) is 0 Å². The fourth-order valence-corrected chi connectivity index (χ4v) is 3.76. The number of aromatic nitrogens is 4. The molecule has 1 atom stereocenters. The van der Waals surface area contributed by atoms with Crippen molar-refractivity contribution in [1.29, 1.82) is 0 Å². The van der Waals surface area contributed by atoms with E-state index in [9.17, 15) is 9.59 Å². The van der Waals surface area contributed by atoms with Crippen LogP contribution >= 0.6 is 0 Å². The highest BCUT2D eigenvalue weighted by molar-refractivity contribution is 5.95. The zero-order valence-electron chi connectivity index (χ0n) is 15.3. The quantitative estimate of drug-likeness (QED) is 0.708. The Bertz CT molecular complexity index is 979. The van der Waals surface area contributed by atoms with Crippen LogP contribution in [-0.2, 0) is 11.3 Å². The number of nitrogens with zero attached hydrogens (tertiary/aromatic N) is 4. The minimum atomic E-state index is -0.927. The normalized spacial score (nSPS) is 16.9. The third-order valence-electron chi connectivity index (χ3n) is 5.04. The molecule has 0 bridgehead atoms. The van der Waals surface area contributed by atoms with Gasteiger partial charge in [0, 0.05) is 54.4 Å². The first-order valence-electron chi connectivity index (χ1n) is 9.24. The van der Waals surface area contributed by atoms with Crippen molar-refractivity contribution < 1.29 is 14.7 Å². The predicted octanol–water partition coefficient (Wildman–Crippen LogP) is 2.38. The van der Waals surface area contributed by atoms with E-state index in [1.165, 1.54) is 4.68 Å². The Morgan fingerprint density at radius 2 is 2.14 bits per heavy atom. The van der Waals surface area contributed by atoms with Gasteiger partial charge in [0.15, 0.2) is 0 Å². The maximum absolute atomic E-state index is 13.1. The minimum Gasteiger partial charge on any atom is -0.480 e. The Morgan fingerprint density at radius 1 is 1.25 bits per heavy atom. The van der Waals surface area contributed by atoms with Crippen LogP contribution in [0.25, 0.3) is 11.4 Å². The highest BCUT2D eigenvalue weighted by Gasteiger charge is 2.28. The Kier molecular flexibility index (Phi) is 4.92. The van der Waals surface area contributed by atoms with Crippen LogP contribution in [0, 0.1) is 0 Å². The molecule has 0 unspecified atom stereocenters. The highest BCUT2D eigenvalue weighted by atomic mass is 16.4. The van der Waals surface area contributed by atoms with Crippen LogP contribution in [0.5, 0.6) is 0 Å². The number of imidazole rings is 1. The second kappa shape index (κ2) is 7.67. The van der Waals surface area contributed by atoms with Crippen molar-refractivity contribution in [1.82, 2.24) is 24.6 Å². The molecule has 3 heterocycles. The lowest BCUT2D eigenvalue weighted by Crippen LogP contribution is -2.39. The van der Waals surface area contributed by atoms with Crippen molar-refractivity contribution in [2.45, 2.75) is 25.3 Å². The van der Waals surface area contributed by atoms with Crippen LogP contribution in [0.15, 0.2) is 48.9 Å². The largest absolute Gasteiger partial charge is 0.480 e. The van der Waals surface area contributed by atoms with Crippen molar-refractivity contribution in [2.24, 2.45) is 0 Å². The topological polar surface area (TPSA) is 104 Å². The molecule has 0 saturated carbocycles. The molecule has 1 saturated heterocycles. The number of rotatable bonds is 5. The third-order valence-corrected chi connectivity index (χ3v) is 5.04. The van der Waals surface area contributed by atoms with E-state index < -0.39 is 5.97 Å². The number of likely N-dealkylation sites (tertiary alicyclic amines) is 1. The summed E-state index contributed by atoms with van der Waals surface area (Å²) in [7, 11) is 0. The van der Waals surface area contributed by atoms with E-state index in [0.29, 0.717) is 18.7 Å². The van der Waals surface area contributed by atoms with Crippen molar-refractivity contribution in [3.8, 4) is 11.4 Å². The highest BCUT2D eigenvalue weighted by Crippen LogP contribution is 2.28. The van der Waals surface area contributed by atoms with Crippen LogP contribution in [0.4, 0.5) is 0 Å². The molecule has 8 nitrogen and oxygen atoms in total. The summed E-state index contributed by atoms with van der Waals surface area (Å²) in [5, 5.41) is 13.2. The number of carbonyl (C=O) groups excluding carboxylic acids is 1. The average Bonchev–Trinajstić information content (AvgIpc) is 3.39. The van der Waals surface area contributed by atoms with E-state index in [-0.39, 0.29) is 18.4 Å². The van der Waals surface area contributed by atoms with Crippen molar-refractivity contribution in [3.63, 3.8) is 0 Å². The summed E-state index contributed by atoms with van der Waals surface area (Å²) in [5.74, 6) is -0.151.